The lowest BCUT2D eigenvalue weighted by atomic mass is 9.90. The second-order valence-electron chi connectivity index (χ2n) is 5.82. The van der Waals surface area contributed by atoms with Crippen molar-refractivity contribution in [3.8, 4) is 0 Å². The van der Waals surface area contributed by atoms with Crippen LogP contribution in [0.4, 0.5) is 4.79 Å². The maximum atomic E-state index is 11.3. The van der Waals surface area contributed by atoms with E-state index >= 15 is 0 Å². The molecule has 1 aliphatic heterocycles. The number of urea groups is 1. The Hall–Kier alpha value is -0.810. The summed E-state index contributed by atoms with van der Waals surface area (Å²) in [6.07, 6.45) is 5.59. The molecule has 3 atom stereocenters. The van der Waals surface area contributed by atoms with E-state index in [0.717, 1.165) is 6.42 Å². The van der Waals surface area contributed by atoms with Crippen molar-refractivity contribution in [1.82, 2.24) is 10.2 Å². The minimum atomic E-state index is -0.389. The number of carbonyl (C=O) groups is 1. The first-order chi connectivity index (χ1) is 8.56. The van der Waals surface area contributed by atoms with E-state index in [4.69, 9.17) is 5.73 Å². The fourth-order valence-electron chi connectivity index (χ4n) is 3.21. The first kappa shape index (κ1) is 13.6. The van der Waals surface area contributed by atoms with Crippen LogP contribution in [0.1, 0.15) is 39.0 Å². The van der Waals surface area contributed by atoms with Gasteiger partial charge in [0.2, 0.25) is 0 Å². The number of primary amides is 1. The number of aliphatic hydroxyl groups excluding tert-OH is 1. The Morgan fingerprint density at radius 1 is 1.33 bits per heavy atom. The van der Waals surface area contributed by atoms with Crippen LogP contribution in [0, 0.1) is 5.92 Å². The normalized spacial score (nSPS) is 31.6. The first-order valence-electron chi connectivity index (χ1n) is 7.04. The topological polar surface area (TPSA) is 78.6 Å². The van der Waals surface area contributed by atoms with Crippen LogP contribution in [-0.2, 0) is 0 Å². The van der Waals surface area contributed by atoms with Gasteiger partial charge in [0, 0.05) is 31.1 Å². The lowest BCUT2D eigenvalue weighted by Gasteiger charge is -2.39. The molecule has 0 radical (unpaired) electrons. The summed E-state index contributed by atoms with van der Waals surface area (Å²) in [6.45, 7) is 3.05. The molecule has 0 aromatic carbocycles. The highest BCUT2D eigenvalue weighted by molar-refractivity contribution is 5.72. The number of hydrogen-bond donors (Lipinski definition) is 3. The second kappa shape index (κ2) is 5.89. The predicted octanol–water partition coefficient (Wildman–Crippen LogP) is 0.669. The van der Waals surface area contributed by atoms with Crippen molar-refractivity contribution in [3.05, 3.63) is 0 Å². The van der Waals surface area contributed by atoms with Crippen LogP contribution in [-0.4, -0.2) is 47.3 Å². The molecule has 1 heterocycles. The van der Waals surface area contributed by atoms with E-state index in [1.165, 1.54) is 25.7 Å². The number of nitrogens with two attached hydrogens (primary N) is 1. The molecule has 0 bridgehead atoms. The van der Waals surface area contributed by atoms with Gasteiger partial charge >= 0.3 is 6.03 Å². The summed E-state index contributed by atoms with van der Waals surface area (Å²) in [6, 6.07) is 0.477. The molecular weight excluding hydrogens is 230 g/mol. The highest BCUT2D eigenvalue weighted by atomic mass is 16.3. The van der Waals surface area contributed by atoms with Crippen molar-refractivity contribution < 1.29 is 9.90 Å². The van der Waals surface area contributed by atoms with Gasteiger partial charge in [-0.25, -0.2) is 4.79 Å². The Morgan fingerprint density at radius 2 is 2.00 bits per heavy atom. The van der Waals surface area contributed by atoms with E-state index in [9.17, 15) is 9.90 Å². The van der Waals surface area contributed by atoms with Gasteiger partial charge in [-0.3, -0.25) is 0 Å². The van der Waals surface area contributed by atoms with Gasteiger partial charge in [-0.15, -0.1) is 0 Å². The van der Waals surface area contributed by atoms with Crippen LogP contribution < -0.4 is 11.1 Å². The minimum absolute atomic E-state index is 0.130. The van der Waals surface area contributed by atoms with Crippen LogP contribution in [0.5, 0.6) is 0 Å². The van der Waals surface area contributed by atoms with Crippen molar-refractivity contribution in [2.45, 2.75) is 57.2 Å². The molecule has 5 heteroatoms. The highest BCUT2D eigenvalue weighted by Crippen LogP contribution is 2.23. The fraction of sp³-hybridized carbons (Fsp3) is 0.923. The molecule has 0 aromatic rings. The molecule has 2 rings (SSSR count). The van der Waals surface area contributed by atoms with Crippen LogP contribution in [0.3, 0.4) is 0 Å². The third kappa shape index (κ3) is 3.36. The van der Waals surface area contributed by atoms with Crippen molar-refractivity contribution in [2.24, 2.45) is 11.7 Å². The molecular formula is C13H25N3O2. The summed E-state index contributed by atoms with van der Waals surface area (Å²) in [7, 11) is 0. The summed E-state index contributed by atoms with van der Waals surface area (Å²) in [4.78, 5) is 13.0. The molecule has 2 aliphatic rings. The number of nitrogens with one attached hydrogen (secondary N) is 1. The lowest BCUT2D eigenvalue weighted by Crippen LogP contribution is -2.55. The molecule has 2 amide bonds. The zero-order valence-corrected chi connectivity index (χ0v) is 11.1. The van der Waals surface area contributed by atoms with E-state index in [1.807, 2.05) is 0 Å². The fourth-order valence-corrected chi connectivity index (χ4v) is 3.21. The standard InChI is InChI=1S/C13H25N3O2/c1-9(17)10-6-12(8-16(7-10)13(14)18)15-11-4-2-3-5-11/h9-12,15,17H,2-8H2,1H3,(H2,14,18). The molecule has 1 aliphatic carbocycles. The van der Waals surface area contributed by atoms with Crippen molar-refractivity contribution >= 4 is 6.03 Å². The first-order valence-corrected chi connectivity index (χ1v) is 7.04. The maximum Gasteiger partial charge on any atom is 0.314 e. The van der Waals surface area contributed by atoms with E-state index in [1.54, 1.807) is 11.8 Å². The average Bonchev–Trinajstić information content (AvgIpc) is 2.81. The molecule has 5 nitrogen and oxygen atoms in total. The second-order valence-corrected chi connectivity index (χ2v) is 5.82. The average molecular weight is 255 g/mol. The van der Waals surface area contributed by atoms with Crippen molar-refractivity contribution in [3.63, 3.8) is 0 Å². The van der Waals surface area contributed by atoms with Crippen molar-refractivity contribution in [2.75, 3.05) is 13.1 Å². The summed E-state index contributed by atoms with van der Waals surface area (Å²) in [5, 5.41) is 13.4. The molecule has 1 saturated heterocycles. The van der Waals surface area contributed by atoms with Crippen LogP contribution in [0.25, 0.3) is 0 Å². The number of amides is 2. The Morgan fingerprint density at radius 3 is 2.56 bits per heavy atom. The zero-order valence-electron chi connectivity index (χ0n) is 11.1. The largest absolute Gasteiger partial charge is 0.393 e. The molecule has 104 valence electrons. The van der Waals surface area contributed by atoms with E-state index in [2.05, 4.69) is 5.32 Å². The molecule has 4 N–H and O–H groups in total. The third-order valence-corrected chi connectivity index (χ3v) is 4.30. The Balaban J connectivity index is 1.93. The number of piperidine rings is 1. The van der Waals surface area contributed by atoms with Crippen LogP contribution in [0.15, 0.2) is 0 Å². The smallest absolute Gasteiger partial charge is 0.314 e. The van der Waals surface area contributed by atoms with Gasteiger partial charge in [-0.05, 0) is 26.2 Å². The number of likely N-dealkylation sites (tertiary alicyclic amines) is 1. The van der Waals surface area contributed by atoms with Gasteiger partial charge in [0.25, 0.3) is 0 Å². The third-order valence-electron chi connectivity index (χ3n) is 4.30. The minimum Gasteiger partial charge on any atom is -0.393 e. The Labute approximate surface area is 109 Å². The Kier molecular flexibility index (Phi) is 4.45. The van der Waals surface area contributed by atoms with Gasteiger partial charge in [0.15, 0.2) is 0 Å². The Bertz CT molecular complexity index is 288. The zero-order chi connectivity index (χ0) is 13.1. The van der Waals surface area contributed by atoms with Gasteiger partial charge in [0.1, 0.15) is 0 Å². The molecule has 1 saturated carbocycles. The molecule has 0 spiro atoms. The number of aliphatic hydroxyl groups is 1. The maximum absolute atomic E-state index is 11.3. The van der Waals surface area contributed by atoms with E-state index in [-0.39, 0.29) is 24.1 Å². The molecule has 2 fully saturated rings. The number of rotatable bonds is 3. The number of nitrogens with zero attached hydrogens (tertiary/aromatic N) is 1. The SMILES string of the molecule is CC(O)C1CC(NC2CCCC2)CN(C(N)=O)C1. The van der Waals surface area contributed by atoms with Crippen LogP contribution >= 0.6 is 0 Å². The van der Waals surface area contributed by atoms with E-state index < -0.39 is 0 Å². The monoisotopic (exact) mass is 255 g/mol. The van der Waals surface area contributed by atoms with Crippen molar-refractivity contribution in [1.29, 1.82) is 0 Å². The summed E-state index contributed by atoms with van der Waals surface area (Å²) >= 11 is 0. The summed E-state index contributed by atoms with van der Waals surface area (Å²) in [5.74, 6) is 0.130. The molecule has 0 aromatic heterocycles. The highest BCUT2D eigenvalue weighted by Gasteiger charge is 2.32. The number of carbonyl (C=O) groups excluding carboxylic acids is 1. The quantitative estimate of drug-likeness (QED) is 0.693. The van der Waals surface area contributed by atoms with Gasteiger partial charge in [-0.1, -0.05) is 12.8 Å². The van der Waals surface area contributed by atoms with Gasteiger partial charge in [-0.2, -0.15) is 0 Å². The lowest BCUT2D eigenvalue weighted by molar-refractivity contribution is 0.0602. The number of hydrogen-bond acceptors (Lipinski definition) is 3. The van der Waals surface area contributed by atoms with Crippen LogP contribution in [0.2, 0.25) is 0 Å². The van der Waals surface area contributed by atoms with E-state index in [0.29, 0.717) is 19.1 Å². The predicted molar refractivity (Wildman–Crippen MR) is 70.1 cm³/mol. The summed E-state index contributed by atoms with van der Waals surface area (Å²) in [5.41, 5.74) is 5.38. The van der Waals surface area contributed by atoms with Gasteiger partial charge < -0.3 is 21.1 Å². The van der Waals surface area contributed by atoms with Gasteiger partial charge in [0.05, 0.1) is 6.10 Å². The summed E-state index contributed by atoms with van der Waals surface area (Å²) < 4.78 is 0. The molecule has 18 heavy (non-hydrogen) atoms. The molecule has 3 unspecified atom stereocenters.